The normalized spacial score (nSPS) is 35.4. The zero-order valence-corrected chi connectivity index (χ0v) is 36.8. The molecule has 3 aliphatic rings. The molecular formula is C47H62N4O10. The predicted octanol–water partition coefficient (Wildman–Crippen LogP) is 6.08. The number of nitrogens with one attached hydrogen (secondary N) is 1. The molecule has 2 N–H and O–H groups in total. The maximum absolute atomic E-state index is 14.6. The van der Waals surface area contributed by atoms with E-state index in [-0.39, 0.29) is 31.3 Å². The minimum atomic E-state index is -1.39. The molecule has 1 aromatic carbocycles. The van der Waals surface area contributed by atoms with Crippen LogP contribution in [0.1, 0.15) is 85.8 Å². The molecule has 14 heteroatoms. The smallest absolute Gasteiger partial charge is 0.408 e. The predicted molar refractivity (Wildman–Crippen MR) is 228 cm³/mol. The zero-order valence-electron chi connectivity index (χ0n) is 36.8. The lowest BCUT2D eigenvalue weighted by Gasteiger charge is -2.47. The summed E-state index contributed by atoms with van der Waals surface area (Å²) in [4.78, 5) is 66.8. The Hall–Kier alpha value is -4.60. The number of fused-ring (bicyclic) bond motifs is 2. The second kappa shape index (κ2) is 19.2. The highest BCUT2D eigenvalue weighted by Gasteiger charge is 2.57. The monoisotopic (exact) mass is 842 g/mol. The summed E-state index contributed by atoms with van der Waals surface area (Å²) in [5, 5.41) is 15.8. The average molecular weight is 843 g/mol. The van der Waals surface area contributed by atoms with E-state index in [4.69, 9.17) is 23.7 Å². The first kappa shape index (κ1) is 45.9. The van der Waals surface area contributed by atoms with Gasteiger partial charge in [0, 0.05) is 54.3 Å². The van der Waals surface area contributed by atoms with Crippen molar-refractivity contribution in [2.45, 2.75) is 135 Å². The van der Waals surface area contributed by atoms with Crippen molar-refractivity contribution < 1.29 is 48.0 Å². The molecule has 1 unspecified atom stereocenters. The van der Waals surface area contributed by atoms with Crippen LogP contribution >= 0.6 is 0 Å². The first-order valence-electron chi connectivity index (χ1n) is 21.5. The van der Waals surface area contributed by atoms with Crippen molar-refractivity contribution in [3.63, 3.8) is 0 Å². The Morgan fingerprint density at radius 2 is 1.75 bits per heavy atom. The van der Waals surface area contributed by atoms with Gasteiger partial charge in [-0.1, -0.05) is 64.1 Å². The van der Waals surface area contributed by atoms with Crippen molar-refractivity contribution in [3.8, 4) is 0 Å². The molecule has 0 bridgehead atoms. The number of likely N-dealkylation sites (N-methyl/N-ethyl adjacent to an activating group) is 1. The molecule has 14 nitrogen and oxygen atoms in total. The van der Waals surface area contributed by atoms with Crippen LogP contribution in [-0.4, -0.2) is 111 Å². The van der Waals surface area contributed by atoms with E-state index in [9.17, 15) is 24.3 Å². The van der Waals surface area contributed by atoms with Crippen LogP contribution in [0.4, 0.5) is 4.79 Å². The number of pyridine rings is 2. The van der Waals surface area contributed by atoms with Crippen LogP contribution in [0.15, 0.2) is 67.1 Å². The summed E-state index contributed by atoms with van der Waals surface area (Å²) in [7, 11) is 1.92. The highest BCUT2D eigenvalue weighted by atomic mass is 16.7. The third-order valence-corrected chi connectivity index (χ3v) is 12.9. The number of benzene rings is 1. The number of ketones is 2. The van der Waals surface area contributed by atoms with E-state index in [0.29, 0.717) is 13.0 Å². The quantitative estimate of drug-likeness (QED) is 0.178. The Kier molecular flexibility index (Phi) is 14.5. The molecule has 5 heterocycles. The van der Waals surface area contributed by atoms with Crippen LogP contribution in [0.2, 0.25) is 0 Å². The largest absolute Gasteiger partial charge is 0.458 e. The van der Waals surface area contributed by atoms with Gasteiger partial charge in [-0.2, -0.15) is 0 Å². The Bertz CT molecular complexity index is 2070. The van der Waals surface area contributed by atoms with E-state index in [1.165, 1.54) is 6.92 Å². The number of ether oxygens (including phenoxy) is 5. The minimum Gasteiger partial charge on any atom is -0.458 e. The summed E-state index contributed by atoms with van der Waals surface area (Å²) in [5.74, 6) is -5.25. The molecule has 2 aromatic heterocycles. The van der Waals surface area contributed by atoms with Gasteiger partial charge in [-0.25, -0.2) is 4.79 Å². The molecule has 3 fully saturated rings. The molecule has 330 valence electrons. The van der Waals surface area contributed by atoms with Gasteiger partial charge < -0.3 is 34.1 Å². The second-order valence-corrected chi connectivity index (χ2v) is 17.7. The van der Waals surface area contributed by atoms with E-state index in [1.54, 1.807) is 60.1 Å². The number of hydrogen-bond acceptors (Lipinski definition) is 13. The molecule has 1 amide bonds. The number of aliphatic hydroxyl groups is 1. The second-order valence-electron chi connectivity index (χ2n) is 17.7. The minimum absolute atomic E-state index is 0.0435. The molecule has 0 radical (unpaired) electrons. The Morgan fingerprint density at radius 1 is 1.00 bits per heavy atom. The zero-order chi connectivity index (χ0) is 44.2. The number of para-hydroxylation sites is 1. The number of nitrogens with zero attached hydrogens (tertiary/aromatic N) is 3. The van der Waals surface area contributed by atoms with Crippen molar-refractivity contribution >= 4 is 40.6 Å². The van der Waals surface area contributed by atoms with Crippen LogP contribution in [0.3, 0.4) is 0 Å². The summed E-state index contributed by atoms with van der Waals surface area (Å²) >= 11 is 0. The number of amides is 1. The Morgan fingerprint density at radius 3 is 2.48 bits per heavy atom. The van der Waals surface area contributed by atoms with Crippen molar-refractivity contribution in [1.29, 1.82) is 0 Å². The van der Waals surface area contributed by atoms with Crippen molar-refractivity contribution in [3.05, 3.63) is 78.3 Å². The first-order valence-corrected chi connectivity index (χ1v) is 21.5. The van der Waals surface area contributed by atoms with Crippen LogP contribution in [0, 0.1) is 23.7 Å². The van der Waals surface area contributed by atoms with Crippen LogP contribution in [0.25, 0.3) is 17.0 Å². The molecule has 3 aliphatic heterocycles. The Balaban J connectivity index is 1.37. The third kappa shape index (κ3) is 10.0. The van der Waals surface area contributed by atoms with Gasteiger partial charge in [0.15, 0.2) is 17.7 Å². The lowest BCUT2D eigenvalue weighted by Crippen LogP contribution is -2.60. The highest BCUT2D eigenvalue weighted by Crippen LogP contribution is 2.40. The van der Waals surface area contributed by atoms with Gasteiger partial charge in [-0.3, -0.25) is 29.3 Å². The van der Waals surface area contributed by atoms with Gasteiger partial charge in [0.1, 0.15) is 23.9 Å². The number of cyclic esters (lactones) is 1. The van der Waals surface area contributed by atoms with Crippen molar-refractivity contribution in [2.24, 2.45) is 23.7 Å². The number of aromatic nitrogens is 2. The summed E-state index contributed by atoms with van der Waals surface area (Å²) in [5.41, 5.74) is -0.100. The SMILES string of the molecule is CC[C@@H]1OC(=O)[C@H](C)C(=O)[C@H](C)[C@@H](OC2O[C@H](C)C[C@H](N(C)Cc3cccnc3)[C@H]2O)[C@@](C)(OC/C=C/c2cnc3ccccc3c2)C[C@@H](C)C(=O)[C@@H](C)[C@H]2NC(=O)O[C@]12C. The van der Waals surface area contributed by atoms with Gasteiger partial charge in [-0.15, -0.1) is 0 Å². The molecule has 61 heavy (non-hydrogen) atoms. The lowest BCUT2D eigenvalue weighted by atomic mass is 9.73. The van der Waals surface area contributed by atoms with E-state index >= 15 is 0 Å². The number of rotatable bonds is 10. The van der Waals surface area contributed by atoms with Crippen LogP contribution in [-0.2, 0) is 44.6 Å². The fourth-order valence-corrected chi connectivity index (χ4v) is 9.55. The number of Topliss-reactive ketones (excluding diaryl/α,β-unsaturated/α-hetero) is 2. The summed E-state index contributed by atoms with van der Waals surface area (Å²) in [6, 6.07) is 12.4. The fraction of sp³-hybridized carbons (Fsp3) is 0.574. The van der Waals surface area contributed by atoms with Gasteiger partial charge >= 0.3 is 12.1 Å². The maximum atomic E-state index is 14.6. The molecular weight excluding hydrogens is 781 g/mol. The molecule has 3 aromatic rings. The topological polar surface area (TPSA) is 176 Å². The molecule has 6 rings (SSSR count). The molecule has 0 aliphatic carbocycles. The van der Waals surface area contributed by atoms with Crippen LogP contribution in [0.5, 0.6) is 0 Å². The number of alkyl carbamates (subject to hydrolysis) is 1. The fourth-order valence-electron chi connectivity index (χ4n) is 9.55. The molecule has 3 saturated heterocycles. The van der Waals surface area contributed by atoms with E-state index in [2.05, 4.69) is 15.3 Å². The summed E-state index contributed by atoms with van der Waals surface area (Å²) in [6.07, 6.45) is 4.26. The third-order valence-electron chi connectivity index (χ3n) is 12.9. The number of esters is 1. The molecule has 13 atom stereocenters. The number of hydrogen-bond donors (Lipinski definition) is 2. The first-order chi connectivity index (χ1) is 28.9. The highest BCUT2D eigenvalue weighted by molar-refractivity contribution is 6.00. The lowest BCUT2D eigenvalue weighted by molar-refractivity contribution is -0.297. The Labute approximate surface area is 358 Å². The molecule has 0 spiro atoms. The van der Waals surface area contributed by atoms with Gasteiger partial charge in [-0.05, 0) is 83.3 Å². The van der Waals surface area contributed by atoms with Crippen LogP contribution < -0.4 is 5.32 Å². The standard InChI is InChI=1S/C47H62N4O10/c1-10-37-47(8)41(50-45(56)61-47)29(4)38(52)27(2)23-46(7,57-20-14-16-32-22-34-17-11-12-18-35(34)49-25-32)42(30(5)39(53)31(6)43(55)59-37)60-44-40(54)36(21-28(3)58-44)51(9)26-33-15-13-19-48-24-33/h11-19,22,24-25,27-31,36-37,40-42,44,54H,10,20-21,23,26H2,1-9H3,(H,50,56)/b16-14+/t27-,28-,29-,30+,31-,36+,37+,40-,41-,42-,44?,46+,47-/m1/s1. The maximum Gasteiger partial charge on any atom is 0.408 e. The van der Waals surface area contributed by atoms with Crippen molar-refractivity contribution in [2.75, 3.05) is 13.7 Å². The van der Waals surface area contributed by atoms with Gasteiger partial charge in [0.2, 0.25) is 0 Å². The number of carbonyl (C=O) groups excluding carboxylic acids is 4. The number of carbonyl (C=O) groups is 4. The summed E-state index contributed by atoms with van der Waals surface area (Å²) < 4.78 is 31.8. The van der Waals surface area contributed by atoms with Gasteiger partial charge in [0.25, 0.3) is 0 Å². The average Bonchev–Trinajstić information content (AvgIpc) is 3.56. The summed E-state index contributed by atoms with van der Waals surface area (Å²) in [6.45, 7) is 14.4. The van der Waals surface area contributed by atoms with Crippen molar-refractivity contribution in [1.82, 2.24) is 20.2 Å². The van der Waals surface area contributed by atoms with E-state index in [0.717, 1.165) is 22.0 Å². The van der Waals surface area contributed by atoms with E-state index in [1.807, 2.05) is 73.5 Å². The number of aliphatic hydroxyl groups excluding tert-OH is 1. The van der Waals surface area contributed by atoms with E-state index < -0.39 is 89.4 Å². The molecule has 0 saturated carbocycles. The van der Waals surface area contributed by atoms with Gasteiger partial charge in [0.05, 0.1) is 36.0 Å².